The van der Waals surface area contributed by atoms with Crippen molar-refractivity contribution in [2.24, 2.45) is 5.73 Å². The summed E-state index contributed by atoms with van der Waals surface area (Å²) in [7, 11) is 0. The van der Waals surface area contributed by atoms with E-state index in [0.717, 1.165) is 52.3 Å². The highest BCUT2D eigenvalue weighted by Gasteiger charge is 2.32. The maximum atomic E-state index is 13.2. The van der Waals surface area contributed by atoms with Crippen LogP contribution in [0.4, 0.5) is 0 Å². The predicted octanol–water partition coefficient (Wildman–Crippen LogP) is 3.21. The number of nitrogens with two attached hydrogens (primary N) is 1. The quantitative estimate of drug-likeness (QED) is 0.503. The van der Waals surface area contributed by atoms with Gasteiger partial charge in [0.15, 0.2) is 0 Å². The van der Waals surface area contributed by atoms with Gasteiger partial charge in [0, 0.05) is 18.7 Å². The summed E-state index contributed by atoms with van der Waals surface area (Å²) < 4.78 is 0. The molecule has 1 fully saturated rings. The summed E-state index contributed by atoms with van der Waals surface area (Å²) in [6, 6.07) is 11.1. The topological polar surface area (TPSA) is 139 Å². The Bertz CT molecular complexity index is 1270. The van der Waals surface area contributed by atoms with Gasteiger partial charge in [-0.25, -0.2) is 4.79 Å². The van der Waals surface area contributed by atoms with E-state index in [1.165, 1.54) is 12.1 Å². The van der Waals surface area contributed by atoms with Crippen LogP contribution in [0.3, 0.4) is 0 Å². The number of hydrogen-bond donors (Lipinski definition) is 3. The van der Waals surface area contributed by atoms with Crippen molar-refractivity contribution >= 4 is 23.4 Å². The number of hydroxylamine groups is 2. The first kappa shape index (κ1) is 26.1. The second-order valence-corrected chi connectivity index (χ2v) is 9.64. The Kier molecular flexibility index (Phi) is 7.75. The number of carbonyl (C=O) groups is 3. The number of carboxylic acids is 1. The molecule has 0 aliphatic carbocycles. The zero-order valence-electron chi connectivity index (χ0n) is 20.9. The normalized spacial score (nSPS) is 18.7. The van der Waals surface area contributed by atoms with Crippen LogP contribution in [0.15, 0.2) is 60.3 Å². The molecule has 2 heterocycles. The van der Waals surface area contributed by atoms with Crippen molar-refractivity contribution in [2.45, 2.75) is 38.8 Å². The van der Waals surface area contributed by atoms with Crippen molar-refractivity contribution in [3.63, 3.8) is 0 Å². The molecule has 37 heavy (non-hydrogen) atoms. The number of allylic oxidation sites excluding steroid dienone is 2. The number of aromatic carboxylic acids is 1. The third-order valence-electron chi connectivity index (χ3n) is 6.91. The summed E-state index contributed by atoms with van der Waals surface area (Å²) in [6.07, 6.45) is 5.13. The fourth-order valence-corrected chi connectivity index (χ4v) is 4.97. The Hall–Kier alpha value is -3.95. The lowest BCUT2D eigenvalue weighted by Gasteiger charge is -2.35. The largest absolute Gasteiger partial charge is 0.758 e. The SMILES string of the molecule is Cc1cc(C(N)=O)ccc1C1=CN([O-])CC(CN2CCC[C@@H]2C(=O)N[C@@H](C)c2ccc(C(=O)O)cc2)=C1. The van der Waals surface area contributed by atoms with Crippen LogP contribution in [-0.2, 0) is 4.79 Å². The van der Waals surface area contributed by atoms with Crippen molar-refractivity contribution in [3.8, 4) is 0 Å². The average molecular weight is 504 g/mol. The highest BCUT2D eigenvalue weighted by Crippen LogP contribution is 2.28. The number of carbonyl (C=O) groups excluding carboxylic acids is 2. The maximum absolute atomic E-state index is 13.2. The number of carboxylic acid groups (broad SMARTS) is 1. The number of rotatable bonds is 8. The first-order valence-corrected chi connectivity index (χ1v) is 12.3. The Morgan fingerprint density at radius 2 is 1.86 bits per heavy atom. The van der Waals surface area contributed by atoms with Gasteiger partial charge < -0.3 is 26.4 Å². The molecule has 9 nitrogen and oxygen atoms in total. The highest BCUT2D eigenvalue weighted by molar-refractivity contribution is 5.94. The molecule has 4 rings (SSSR count). The third kappa shape index (κ3) is 6.07. The van der Waals surface area contributed by atoms with Gasteiger partial charge in [0.2, 0.25) is 11.8 Å². The van der Waals surface area contributed by atoms with Crippen LogP contribution < -0.4 is 11.1 Å². The Morgan fingerprint density at radius 3 is 2.51 bits per heavy atom. The Labute approximate surface area is 215 Å². The maximum Gasteiger partial charge on any atom is 0.335 e. The first-order valence-electron chi connectivity index (χ1n) is 12.3. The van der Waals surface area contributed by atoms with E-state index in [9.17, 15) is 19.6 Å². The minimum absolute atomic E-state index is 0.0867. The molecule has 2 amide bonds. The van der Waals surface area contributed by atoms with Crippen LogP contribution in [0.1, 0.15) is 63.2 Å². The Balaban J connectivity index is 1.44. The molecule has 194 valence electrons. The molecular formula is C28H31N4O5-. The number of benzene rings is 2. The second kappa shape index (κ2) is 11.0. The van der Waals surface area contributed by atoms with E-state index in [0.29, 0.717) is 12.1 Å². The van der Waals surface area contributed by atoms with Crippen molar-refractivity contribution < 1.29 is 19.5 Å². The fraction of sp³-hybridized carbons (Fsp3) is 0.321. The fourth-order valence-electron chi connectivity index (χ4n) is 4.97. The van der Waals surface area contributed by atoms with Gasteiger partial charge in [-0.3, -0.25) is 14.5 Å². The third-order valence-corrected chi connectivity index (χ3v) is 6.91. The summed E-state index contributed by atoms with van der Waals surface area (Å²) in [5, 5.41) is 25.5. The lowest BCUT2D eigenvalue weighted by molar-refractivity contribution is -0.126. The van der Waals surface area contributed by atoms with Gasteiger partial charge in [0.1, 0.15) is 0 Å². The summed E-state index contributed by atoms with van der Waals surface area (Å²) >= 11 is 0. The molecule has 2 aliphatic heterocycles. The molecule has 2 aromatic rings. The van der Waals surface area contributed by atoms with E-state index in [1.807, 2.05) is 19.9 Å². The van der Waals surface area contributed by atoms with E-state index < -0.39 is 11.9 Å². The number of nitrogens with zero attached hydrogens (tertiary/aromatic N) is 2. The Morgan fingerprint density at radius 1 is 1.16 bits per heavy atom. The number of likely N-dealkylation sites (tertiary alicyclic amines) is 1. The van der Waals surface area contributed by atoms with Crippen LogP contribution in [0.2, 0.25) is 0 Å². The van der Waals surface area contributed by atoms with Crippen LogP contribution >= 0.6 is 0 Å². The molecule has 4 N–H and O–H groups in total. The molecule has 0 bridgehead atoms. The molecule has 0 unspecified atom stereocenters. The molecule has 2 aromatic carbocycles. The molecular weight excluding hydrogens is 472 g/mol. The van der Waals surface area contributed by atoms with Crippen molar-refractivity contribution in [1.29, 1.82) is 0 Å². The minimum Gasteiger partial charge on any atom is -0.758 e. The number of primary amides is 1. The summed E-state index contributed by atoms with van der Waals surface area (Å²) in [5.74, 6) is -1.58. The molecule has 0 saturated carbocycles. The molecule has 9 heteroatoms. The second-order valence-electron chi connectivity index (χ2n) is 9.64. The van der Waals surface area contributed by atoms with Gasteiger partial charge in [-0.15, -0.1) is 0 Å². The average Bonchev–Trinajstić information content (AvgIpc) is 3.31. The van der Waals surface area contributed by atoms with Crippen molar-refractivity contribution in [2.75, 3.05) is 19.6 Å². The predicted molar refractivity (Wildman–Crippen MR) is 140 cm³/mol. The van der Waals surface area contributed by atoms with E-state index in [-0.39, 0.29) is 30.1 Å². The van der Waals surface area contributed by atoms with Gasteiger partial charge in [-0.1, -0.05) is 24.3 Å². The zero-order valence-corrected chi connectivity index (χ0v) is 20.9. The molecule has 0 spiro atoms. The smallest absolute Gasteiger partial charge is 0.335 e. The highest BCUT2D eigenvalue weighted by atomic mass is 16.5. The van der Waals surface area contributed by atoms with E-state index in [4.69, 9.17) is 10.8 Å². The number of hydrogen-bond acceptors (Lipinski definition) is 6. The monoisotopic (exact) mass is 503 g/mol. The van der Waals surface area contributed by atoms with Gasteiger partial charge >= 0.3 is 5.97 Å². The van der Waals surface area contributed by atoms with Gasteiger partial charge in [-0.2, -0.15) is 0 Å². The zero-order chi connectivity index (χ0) is 26.7. The number of amides is 2. The molecule has 0 aromatic heterocycles. The van der Waals surface area contributed by atoms with Gasteiger partial charge in [-0.05, 0) is 91.5 Å². The van der Waals surface area contributed by atoms with Gasteiger partial charge in [0.25, 0.3) is 0 Å². The van der Waals surface area contributed by atoms with Crippen LogP contribution in [0.5, 0.6) is 0 Å². The molecule has 2 atom stereocenters. The molecule has 1 saturated heterocycles. The lowest BCUT2D eigenvalue weighted by atomic mass is 9.95. The summed E-state index contributed by atoms with van der Waals surface area (Å²) in [5.41, 5.74) is 10.2. The number of aryl methyl sites for hydroxylation is 1. The van der Waals surface area contributed by atoms with Crippen LogP contribution in [0.25, 0.3) is 5.57 Å². The first-order chi connectivity index (χ1) is 17.6. The van der Waals surface area contributed by atoms with Crippen LogP contribution in [-0.4, -0.2) is 58.5 Å². The number of nitrogens with one attached hydrogen (secondary N) is 1. The van der Waals surface area contributed by atoms with Crippen molar-refractivity contribution in [3.05, 3.63) is 93.3 Å². The summed E-state index contributed by atoms with van der Waals surface area (Å²) in [6.45, 7) is 5.21. The van der Waals surface area contributed by atoms with Crippen LogP contribution in [0, 0.1) is 12.1 Å². The van der Waals surface area contributed by atoms with E-state index in [1.54, 1.807) is 36.5 Å². The van der Waals surface area contributed by atoms with Gasteiger partial charge in [0.05, 0.1) is 17.6 Å². The molecule has 0 radical (unpaired) electrons. The lowest BCUT2D eigenvalue weighted by Crippen LogP contribution is -2.45. The minimum atomic E-state index is -0.991. The summed E-state index contributed by atoms with van der Waals surface area (Å²) in [4.78, 5) is 37.8. The molecule has 2 aliphatic rings. The van der Waals surface area contributed by atoms with E-state index in [2.05, 4.69) is 10.2 Å². The van der Waals surface area contributed by atoms with Crippen molar-refractivity contribution in [1.82, 2.24) is 15.3 Å². The van der Waals surface area contributed by atoms with E-state index >= 15 is 0 Å². The standard InChI is InChI=1S/C28H31N4O5/c1-17-12-22(26(29)33)9-10-24(17)23-13-19(15-32(37)16-23)14-31-11-3-4-25(31)27(34)30-18(2)20-5-7-21(8-6-20)28(35)36/h5-10,12-13,16,18,25H,3-4,11,14-15H2,1-2H3,(H2,29,33)(H,30,34)(H,35,36)/q-1/t18-,25+/m0/s1.